The Bertz CT molecular complexity index is 1740. The molecule has 1 N–H and O–H groups in total. The third-order valence-corrected chi connectivity index (χ3v) is 7.71. The van der Waals surface area contributed by atoms with E-state index < -0.39 is 17.8 Å². The number of nitrogens with zero attached hydrogens (tertiary/aromatic N) is 2. The first-order chi connectivity index (χ1) is 19.5. The average molecular weight is 588 g/mol. The molecule has 0 spiro atoms. The molecule has 0 radical (unpaired) electrons. The summed E-state index contributed by atoms with van der Waals surface area (Å²) in [5, 5.41) is 3.40. The van der Waals surface area contributed by atoms with Gasteiger partial charge < -0.3 is 9.30 Å². The number of aryl methyl sites for hydroxylation is 3. The third kappa shape index (κ3) is 5.64. The van der Waals surface area contributed by atoms with Crippen LogP contribution < -0.4 is 15.0 Å². The Balaban J connectivity index is 1.39. The van der Waals surface area contributed by atoms with Crippen LogP contribution in [0.5, 0.6) is 5.75 Å². The number of carbonyl (C=O) groups excluding carboxylic acids is 3. The molecule has 1 fully saturated rings. The van der Waals surface area contributed by atoms with Crippen molar-refractivity contribution in [3.63, 3.8) is 0 Å². The Labute approximate surface area is 247 Å². The lowest BCUT2D eigenvalue weighted by molar-refractivity contribution is -0.122. The Kier molecular flexibility index (Phi) is 7.76. The van der Waals surface area contributed by atoms with Crippen LogP contribution >= 0.6 is 23.2 Å². The normalized spacial score (nSPS) is 14.5. The molecule has 4 amide bonds. The molecule has 4 aromatic rings. The molecule has 1 aromatic heterocycles. The molecular weight excluding hydrogens is 561 g/mol. The number of hydrogen-bond donors (Lipinski definition) is 1. The van der Waals surface area contributed by atoms with E-state index in [4.69, 9.17) is 27.9 Å². The monoisotopic (exact) mass is 587 g/mol. The van der Waals surface area contributed by atoms with Crippen LogP contribution in [0.3, 0.4) is 0 Å². The first kappa shape index (κ1) is 28.2. The molecule has 0 bridgehead atoms. The van der Waals surface area contributed by atoms with Crippen molar-refractivity contribution < 1.29 is 19.1 Å². The van der Waals surface area contributed by atoms with Crippen molar-refractivity contribution in [1.82, 2.24) is 9.88 Å². The van der Waals surface area contributed by atoms with Crippen molar-refractivity contribution in [1.29, 1.82) is 0 Å². The molecule has 9 heteroatoms. The fraction of sp³-hybridized carbons (Fsp3) is 0.156. The van der Waals surface area contributed by atoms with E-state index in [1.165, 1.54) is 6.08 Å². The van der Waals surface area contributed by atoms with Crippen molar-refractivity contribution in [2.75, 3.05) is 4.90 Å². The lowest BCUT2D eigenvalue weighted by Crippen LogP contribution is -2.54. The number of urea groups is 1. The van der Waals surface area contributed by atoms with Gasteiger partial charge in [0.15, 0.2) is 0 Å². The first-order valence-electron chi connectivity index (χ1n) is 12.9. The standard InChI is InChI=1S/C32H27Cl2N3O4/c1-18-5-8-26(13-19(18)2)37-31(39)28(30(38)35-32(37)40)15-23-14-20(3)36(21(23)4)25-9-11-27(12-10-25)41-17-22-6-7-24(33)16-29(22)34/h5-16H,17H2,1-4H3,(H,35,38,40)/b28-15+. The Morgan fingerprint density at radius 2 is 1.54 bits per heavy atom. The molecule has 41 heavy (non-hydrogen) atoms. The molecule has 7 nitrogen and oxygen atoms in total. The molecule has 1 saturated heterocycles. The van der Waals surface area contributed by atoms with Gasteiger partial charge in [-0.05, 0) is 105 Å². The maximum atomic E-state index is 13.4. The molecule has 0 saturated carbocycles. The second kappa shape index (κ2) is 11.3. The van der Waals surface area contributed by atoms with Crippen molar-refractivity contribution in [3.8, 4) is 11.4 Å². The molecule has 1 aliphatic rings. The number of amides is 4. The number of carbonyl (C=O) groups is 3. The highest BCUT2D eigenvalue weighted by Crippen LogP contribution is 2.28. The molecular formula is C32H27Cl2N3O4. The van der Waals surface area contributed by atoms with Crippen LogP contribution in [0.1, 0.15) is 33.6 Å². The van der Waals surface area contributed by atoms with Gasteiger partial charge >= 0.3 is 6.03 Å². The molecule has 1 aliphatic heterocycles. The maximum absolute atomic E-state index is 13.4. The zero-order chi connectivity index (χ0) is 29.4. The van der Waals surface area contributed by atoms with Gasteiger partial charge in [-0.3, -0.25) is 14.9 Å². The van der Waals surface area contributed by atoms with Gasteiger partial charge in [0.1, 0.15) is 17.9 Å². The Hall–Kier alpha value is -4.33. The van der Waals surface area contributed by atoms with Gasteiger partial charge in [-0.1, -0.05) is 35.3 Å². The lowest BCUT2D eigenvalue weighted by Gasteiger charge is -2.26. The molecule has 0 unspecified atom stereocenters. The van der Waals surface area contributed by atoms with Crippen LogP contribution in [0.2, 0.25) is 10.0 Å². The van der Waals surface area contributed by atoms with E-state index >= 15 is 0 Å². The minimum atomic E-state index is -0.772. The molecule has 0 aliphatic carbocycles. The molecule has 0 atom stereocenters. The Morgan fingerprint density at radius 1 is 0.829 bits per heavy atom. The topological polar surface area (TPSA) is 80.6 Å². The SMILES string of the molecule is Cc1ccc(N2C(=O)NC(=O)/C(=C\c3cc(C)n(-c4ccc(OCc5ccc(Cl)cc5Cl)cc4)c3C)C2=O)cc1C. The number of hydrogen-bond acceptors (Lipinski definition) is 4. The summed E-state index contributed by atoms with van der Waals surface area (Å²) in [5.74, 6) is -0.730. The van der Waals surface area contributed by atoms with Gasteiger partial charge in [0.05, 0.1) is 5.69 Å². The van der Waals surface area contributed by atoms with Gasteiger partial charge in [-0.15, -0.1) is 0 Å². The molecule has 2 heterocycles. The number of imide groups is 2. The zero-order valence-corrected chi connectivity index (χ0v) is 24.4. The van der Waals surface area contributed by atoms with E-state index in [-0.39, 0.29) is 5.57 Å². The summed E-state index contributed by atoms with van der Waals surface area (Å²) < 4.78 is 7.92. The Morgan fingerprint density at radius 3 is 2.22 bits per heavy atom. The summed E-state index contributed by atoms with van der Waals surface area (Å²) >= 11 is 12.2. The first-order valence-corrected chi connectivity index (χ1v) is 13.6. The quantitative estimate of drug-likeness (QED) is 0.190. The fourth-order valence-electron chi connectivity index (χ4n) is 4.73. The van der Waals surface area contributed by atoms with Gasteiger partial charge in [-0.2, -0.15) is 0 Å². The van der Waals surface area contributed by atoms with E-state index in [9.17, 15) is 14.4 Å². The highest BCUT2D eigenvalue weighted by atomic mass is 35.5. The summed E-state index contributed by atoms with van der Waals surface area (Å²) in [5.41, 5.74) is 6.37. The number of ether oxygens (including phenoxy) is 1. The summed E-state index contributed by atoms with van der Waals surface area (Å²) in [6, 6.07) is 19.3. The summed E-state index contributed by atoms with van der Waals surface area (Å²) in [6.07, 6.45) is 1.53. The number of halogens is 2. The number of anilines is 1. The predicted molar refractivity (Wildman–Crippen MR) is 161 cm³/mol. The maximum Gasteiger partial charge on any atom is 0.335 e. The van der Waals surface area contributed by atoms with Crippen LogP contribution in [0, 0.1) is 27.7 Å². The largest absolute Gasteiger partial charge is 0.489 e. The van der Waals surface area contributed by atoms with E-state index in [0.29, 0.717) is 33.7 Å². The van der Waals surface area contributed by atoms with E-state index in [1.54, 1.807) is 24.3 Å². The minimum absolute atomic E-state index is 0.118. The van der Waals surface area contributed by atoms with Crippen molar-refractivity contribution in [2.45, 2.75) is 34.3 Å². The van der Waals surface area contributed by atoms with Gasteiger partial charge in [-0.25, -0.2) is 9.69 Å². The zero-order valence-electron chi connectivity index (χ0n) is 22.9. The minimum Gasteiger partial charge on any atom is -0.489 e. The molecule has 208 valence electrons. The van der Waals surface area contributed by atoms with E-state index in [2.05, 4.69) is 5.32 Å². The number of benzene rings is 3. The van der Waals surface area contributed by atoms with Gasteiger partial charge in [0.25, 0.3) is 11.8 Å². The smallest absolute Gasteiger partial charge is 0.335 e. The summed E-state index contributed by atoms with van der Waals surface area (Å²) in [6.45, 7) is 7.99. The predicted octanol–water partition coefficient (Wildman–Crippen LogP) is 7.26. The highest BCUT2D eigenvalue weighted by molar-refractivity contribution is 6.39. The fourth-order valence-corrected chi connectivity index (χ4v) is 5.20. The van der Waals surface area contributed by atoms with Gasteiger partial charge in [0.2, 0.25) is 0 Å². The van der Waals surface area contributed by atoms with Gasteiger partial charge in [0, 0.05) is 32.7 Å². The number of nitrogens with one attached hydrogen (secondary N) is 1. The van der Waals surface area contributed by atoms with Crippen LogP contribution in [0.25, 0.3) is 11.8 Å². The highest BCUT2D eigenvalue weighted by Gasteiger charge is 2.37. The van der Waals surface area contributed by atoms with Crippen molar-refractivity contribution in [3.05, 3.63) is 116 Å². The number of aromatic nitrogens is 1. The summed E-state index contributed by atoms with van der Waals surface area (Å²) in [4.78, 5) is 39.8. The van der Waals surface area contributed by atoms with Crippen LogP contribution in [0.15, 0.2) is 72.3 Å². The van der Waals surface area contributed by atoms with E-state index in [0.717, 1.165) is 38.7 Å². The summed E-state index contributed by atoms with van der Waals surface area (Å²) in [7, 11) is 0. The second-order valence-corrected chi connectivity index (χ2v) is 10.8. The molecule has 5 rings (SSSR count). The van der Waals surface area contributed by atoms with Crippen molar-refractivity contribution in [2.24, 2.45) is 0 Å². The average Bonchev–Trinajstić information content (AvgIpc) is 3.20. The van der Waals surface area contributed by atoms with Crippen LogP contribution in [0.4, 0.5) is 10.5 Å². The molecule has 3 aromatic carbocycles. The number of barbiturate groups is 1. The van der Waals surface area contributed by atoms with Crippen molar-refractivity contribution >= 4 is 52.8 Å². The van der Waals surface area contributed by atoms with E-state index in [1.807, 2.05) is 74.7 Å². The number of rotatable bonds is 6. The van der Waals surface area contributed by atoms with Crippen LogP contribution in [-0.2, 0) is 16.2 Å². The van der Waals surface area contributed by atoms with Crippen LogP contribution in [-0.4, -0.2) is 22.4 Å². The second-order valence-electron chi connectivity index (χ2n) is 9.91. The lowest BCUT2D eigenvalue weighted by atomic mass is 10.1. The third-order valence-electron chi connectivity index (χ3n) is 7.12.